The van der Waals surface area contributed by atoms with Crippen molar-refractivity contribution in [3.05, 3.63) is 83.9 Å². The van der Waals surface area contributed by atoms with E-state index in [1.807, 2.05) is 51.1 Å². The molecule has 9 heteroatoms. The Balaban J connectivity index is 1.79. The van der Waals surface area contributed by atoms with Crippen LogP contribution in [0.3, 0.4) is 0 Å². The lowest BCUT2D eigenvalue weighted by atomic mass is 10.1. The Morgan fingerprint density at radius 2 is 1.83 bits per heavy atom. The molecule has 8 nitrogen and oxygen atoms in total. The van der Waals surface area contributed by atoms with Crippen LogP contribution in [0.4, 0.5) is 15.8 Å². The lowest BCUT2D eigenvalue weighted by molar-refractivity contribution is 0.229. The van der Waals surface area contributed by atoms with Gasteiger partial charge in [0.05, 0.1) is 24.9 Å². The van der Waals surface area contributed by atoms with Gasteiger partial charge in [0.15, 0.2) is 17.4 Å². The maximum absolute atomic E-state index is 15.8. The third kappa shape index (κ3) is 5.63. The van der Waals surface area contributed by atoms with Crippen molar-refractivity contribution < 1.29 is 13.9 Å². The van der Waals surface area contributed by atoms with Crippen molar-refractivity contribution in [2.75, 3.05) is 11.5 Å². The minimum Gasteiger partial charge on any atom is -0.494 e. The van der Waals surface area contributed by atoms with Crippen LogP contribution in [0.25, 0.3) is 11.4 Å². The maximum Gasteiger partial charge on any atom is 0.188 e. The van der Waals surface area contributed by atoms with E-state index in [4.69, 9.17) is 20.6 Å². The number of hydrogen-bond acceptors (Lipinski definition) is 6. The quantitative estimate of drug-likeness (QED) is 0.203. The first-order chi connectivity index (χ1) is 17.4. The molecule has 0 aliphatic rings. The first-order valence-electron chi connectivity index (χ1n) is 11.7. The lowest BCUT2D eigenvalue weighted by Gasteiger charge is -2.26. The predicted octanol–water partition coefficient (Wildman–Crippen LogP) is 5.42. The molecule has 4 N–H and O–H groups in total. The van der Waals surface area contributed by atoms with Crippen LogP contribution in [-0.4, -0.2) is 33.7 Å². The Labute approximate surface area is 209 Å². The molecule has 0 saturated heterocycles. The van der Waals surface area contributed by atoms with E-state index in [1.54, 1.807) is 41.3 Å². The average Bonchev–Trinajstić information content (AvgIpc) is 3.34. The van der Waals surface area contributed by atoms with Crippen molar-refractivity contribution in [3.8, 4) is 22.9 Å². The number of rotatable bonds is 10. The van der Waals surface area contributed by atoms with Crippen LogP contribution in [0.15, 0.2) is 66.7 Å². The zero-order chi connectivity index (χ0) is 25.7. The highest BCUT2D eigenvalue weighted by Crippen LogP contribution is 2.38. The van der Waals surface area contributed by atoms with Crippen molar-refractivity contribution in [1.29, 1.82) is 5.41 Å². The van der Waals surface area contributed by atoms with Gasteiger partial charge < -0.3 is 20.1 Å². The second-order valence-corrected chi connectivity index (χ2v) is 8.37. The summed E-state index contributed by atoms with van der Waals surface area (Å²) in [5.74, 6) is 1.09. The first kappa shape index (κ1) is 24.7. The Morgan fingerprint density at radius 3 is 2.47 bits per heavy atom. The molecule has 0 saturated carbocycles. The van der Waals surface area contributed by atoms with Gasteiger partial charge >= 0.3 is 0 Å². The van der Waals surface area contributed by atoms with Crippen molar-refractivity contribution >= 4 is 17.2 Å². The fourth-order valence-corrected chi connectivity index (χ4v) is 3.71. The van der Waals surface area contributed by atoms with Gasteiger partial charge in [-0.15, -0.1) is 0 Å². The molecular formula is C27H29FN6O2. The number of aromatic amines is 1. The van der Waals surface area contributed by atoms with Crippen LogP contribution in [0.1, 0.15) is 32.2 Å². The summed E-state index contributed by atoms with van der Waals surface area (Å²) in [6.45, 7) is 6.15. The molecule has 0 fully saturated rings. The van der Waals surface area contributed by atoms with Gasteiger partial charge in [0.2, 0.25) is 0 Å². The number of nitrogens with zero attached hydrogens (tertiary/aromatic N) is 3. The van der Waals surface area contributed by atoms with Gasteiger partial charge in [-0.05, 0) is 45.0 Å². The zero-order valence-electron chi connectivity index (χ0n) is 20.5. The fourth-order valence-electron chi connectivity index (χ4n) is 3.71. The summed E-state index contributed by atoms with van der Waals surface area (Å²) < 4.78 is 27.3. The monoisotopic (exact) mass is 488 g/mol. The highest BCUT2D eigenvalue weighted by Gasteiger charge is 2.22. The zero-order valence-corrected chi connectivity index (χ0v) is 20.5. The van der Waals surface area contributed by atoms with Crippen LogP contribution in [0.5, 0.6) is 11.5 Å². The second kappa shape index (κ2) is 10.9. The Kier molecular flexibility index (Phi) is 7.48. The van der Waals surface area contributed by atoms with E-state index in [1.165, 1.54) is 0 Å². The van der Waals surface area contributed by atoms with E-state index in [9.17, 15) is 0 Å². The summed E-state index contributed by atoms with van der Waals surface area (Å²) in [7, 11) is 0. The van der Waals surface area contributed by atoms with Crippen molar-refractivity contribution in [2.24, 2.45) is 5.73 Å². The molecular weight excluding hydrogens is 459 g/mol. The molecule has 0 aliphatic heterocycles. The highest BCUT2D eigenvalue weighted by molar-refractivity contribution is 5.95. The van der Waals surface area contributed by atoms with Crippen LogP contribution in [-0.2, 0) is 6.54 Å². The van der Waals surface area contributed by atoms with Crippen molar-refractivity contribution in [3.63, 3.8) is 0 Å². The largest absolute Gasteiger partial charge is 0.494 e. The Morgan fingerprint density at radius 1 is 1.11 bits per heavy atom. The molecule has 0 radical (unpaired) electrons. The molecule has 4 aromatic rings. The molecule has 0 aliphatic carbocycles. The van der Waals surface area contributed by atoms with E-state index >= 15 is 4.39 Å². The third-order valence-electron chi connectivity index (χ3n) is 5.32. The molecule has 0 spiro atoms. The van der Waals surface area contributed by atoms with Gasteiger partial charge in [0, 0.05) is 28.9 Å². The molecule has 3 aromatic carbocycles. The van der Waals surface area contributed by atoms with Crippen LogP contribution < -0.4 is 20.1 Å². The minimum atomic E-state index is -0.523. The minimum absolute atomic E-state index is 0.0482. The van der Waals surface area contributed by atoms with E-state index in [-0.39, 0.29) is 29.9 Å². The molecule has 0 amide bonds. The number of amidine groups is 1. The Hall–Kier alpha value is -4.40. The average molecular weight is 489 g/mol. The number of benzene rings is 3. The first-order valence-corrected chi connectivity index (χ1v) is 11.7. The van der Waals surface area contributed by atoms with Crippen molar-refractivity contribution in [1.82, 2.24) is 15.2 Å². The number of nitrogen functional groups attached to an aromatic ring is 1. The van der Waals surface area contributed by atoms with Gasteiger partial charge in [-0.1, -0.05) is 30.3 Å². The summed E-state index contributed by atoms with van der Waals surface area (Å²) in [6.07, 6.45) is -0.227. The van der Waals surface area contributed by atoms with E-state index in [2.05, 4.69) is 15.2 Å². The van der Waals surface area contributed by atoms with Crippen LogP contribution in [0, 0.1) is 11.2 Å². The van der Waals surface area contributed by atoms with Gasteiger partial charge in [0.25, 0.3) is 0 Å². The van der Waals surface area contributed by atoms with Crippen LogP contribution >= 0.6 is 0 Å². The van der Waals surface area contributed by atoms with Gasteiger partial charge in [-0.2, -0.15) is 5.10 Å². The standard InChI is InChI=1S/C27H29FN6O2/c1-4-35-21-14-22(25(28)23(15-21)36-17(2)3)34(20-12-10-18(11-13-20)26(29)30)16-24-31-27(33-32-24)19-8-6-5-7-9-19/h5-15,17H,4,16H2,1-3H3,(H3,29,30)(H,31,32,33). The molecule has 4 rings (SSSR count). The fraction of sp³-hybridized carbons (Fsp3) is 0.222. The summed E-state index contributed by atoms with van der Waals surface area (Å²) in [5, 5.41) is 15.0. The number of ether oxygens (including phenoxy) is 2. The van der Waals surface area contributed by atoms with Gasteiger partial charge in [0.1, 0.15) is 17.4 Å². The molecule has 0 unspecified atom stereocenters. The van der Waals surface area contributed by atoms with Gasteiger partial charge in [-0.3, -0.25) is 10.5 Å². The molecule has 1 heterocycles. The smallest absolute Gasteiger partial charge is 0.188 e. The van der Waals surface area contributed by atoms with Crippen LogP contribution in [0.2, 0.25) is 0 Å². The van der Waals surface area contributed by atoms with Gasteiger partial charge in [-0.25, -0.2) is 9.37 Å². The van der Waals surface area contributed by atoms with E-state index in [0.717, 1.165) is 5.56 Å². The second-order valence-electron chi connectivity index (χ2n) is 8.37. The van der Waals surface area contributed by atoms with Crippen molar-refractivity contribution in [2.45, 2.75) is 33.4 Å². The molecule has 186 valence electrons. The lowest BCUT2D eigenvalue weighted by Crippen LogP contribution is -2.20. The summed E-state index contributed by atoms with van der Waals surface area (Å²) in [6, 6.07) is 19.8. The summed E-state index contributed by atoms with van der Waals surface area (Å²) in [4.78, 5) is 6.38. The number of H-pyrrole nitrogens is 1. The maximum atomic E-state index is 15.8. The SMILES string of the molecule is CCOc1cc(OC(C)C)c(F)c(N(Cc2nc(-c3ccccc3)n[nH]2)c2ccc(C(=N)N)cc2)c1. The third-order valence-corrected chi connectivity index (χ3v) is 5.32. The number of nitrogens with one attached hydrogen (secondary N) is 2. The molecule has 36 heavy (non-hydrogen) atoms. The predicted molar refractivity (Wildman–Crippen MR) is 138 cm³/mol. The summed E-state index contributed by atoms with van der Waals surface area (Å²) >= 11 is 0. The normalized spacial score (nSPS) is 10.9. The van der Waals surface area contributed by atoms with E-state index < -0.39 is 5.82 Å². The molecule has 0 bridgehead atoms. The topological polar surface area (TPSA) is 113 Å². The number of hydrogen-bond donors (Lipinski definition) is 3. The molecule has 0 atom stereocenters. The highest BCUT2D eigenvalue weighted by atomic mass is 19.1. The number of nitrogens with two attached hydrogens (primary N) is 1. The number of aromatic nitrogens is 3. The molecule has 1 aromatic heterocycles. The summed E-state index contributed by atoms with van der Waals surface area (Å²) in [5.41, 5.74) is 7.99. The Bertz CT molecular complexity index is 1320. The number of anilines is 2. The van der Waals surface area contributed by atoms with E-state index in [0.29, 0.717) is 35.3 Å². The number of halogens is 1.